The zero-order chi connectivity index (χ0) is 15.4. The Balaban J connectivity index is 3.95. The van der Waals surface area contributed by atoms with Crippen molar-refractivity contribution in [3.05, 3.63) is 0 Å². The van der Waals surface area contributed by atoms with Crippen LogP contribution in [0, 0.1) is 0 Å². The number of methoxy groups -OCH3 is 1. The SMILES string of the molecule is COCCNC(=O)CNC(=O)NC(CCSC)C(=O)O. The van der Waals surface area contributed by atoms with Crippen LogP contribution in [0.4, 0.5) is 4.79 Å². The molecule has 0 bridgehead atoms. The summed E-state index contributed by atoms with van der Waals surface area (Å²) in [5.74, 6) is -0.846. The molecule has 1 atom stereocenters. The van der Waals surface area contributed by atoms with Gasteiger partial charge >= 0.3 is 12.0 Å². The number of nitrogens with one attached hydrogen (secondary N) is 3. The van der Waals surface area contributed by atoms with E-state index in [1.807, 2.05) is 6.26 Å². The number of hydrogen-bond acceptors (Lipinski definition) is 5. The van der Waals surface area contributed by atoms with Crippen molar-refractivity contribution in [1.82, 2.24) is 16.0 Å². The molecule has 0 spiro atoms. The summed E-state index contributed by atoms with van der Waals surface area (Å²) in [7, 11) is 1.51. The predicted octanol–water partition coefficient (Wildman–Crippen LogP) is -0.745. The second kappa shape index (κ2) is 11.4. The molecule has 0 saturated heterocycles. The maximum absolute atomic E-state index is 11.5. The summed E-state index contributed by atoms with van der Waals surface area (Å²) in [4.78, 5) is 33.7. The minimum Gasteiger partial charge on any atom is -0.480 e. The maximum atomic E-state index is 11.5. The number of carbonyl (C=O) groups is 3. The third-order valence-electron chi connectivity index (χ3n) is 2.25. The molecule has 4 N–H and O–H groups in total. The number of ether oxygens (including phenoxy) is 1. The summed E-state index contributed by atoms with van der Waals surface area (Å²) in [6.07, 6.45) is 2.17. The number of aliphatic carboxylic acids is 1. The molecule has 9 heteroatoms. The smallest absolute Gasteiger partial charge is 0.326 e. The number of hydrogen-bond donors (Lipinski definition) is 4. The summed E-state index contributed by atoms with van der Waals surface area (Å²) in [5.41, 5.74) is 0. The molecule has 0 aliphatic rings. The van der Waals surface area contributed by atoms with E-state index in [0.29, 0.717) is 25.3 Å². The van der Waals surface area contributed by atoms with E-state index >= 15 is 0 Å². The maximum Gasteiger partial charge on any atom is 0.326 e. The van der Waals surface area contributed by atoms with Gasteiger partial charge in [0.2, 0.25) is 5.91 Å². The standard InChI is InChI=1S/C11H21N3O5S/c1-19-5-4-12-9(15)7-13-11(18)14-8(10(16)17)3-6-20-2/h8H,3-7H2,1-2H3,(H,12,15)(H,16,17)(H2,13,14,18). The summed E-state index contributed by atoms with van der Waals surface area (Å²) in [5, 5.41) is 16.1. The fraction of sp³-hybridized carbons (Fsp3) is 0.727. The average molecular weight is 307 g/mol. The molecule has 3 amide bonds. The topological polar surface area (TPSA) is 117 Å². The van der Waals surface area contributed by atoms with Crippen molar-refractivity contribution in [2.75, 3.05) is 38.8 Å². The van der Waals surface area contributed by atoms with Gasteiger partial charge in [0, 0.05) is 13.7 Å². The van der Waals surface area contributed by atoms with Gasteiger partial charge < -0.3 is 25.8 Å². The Bertz CT molecular complexity index is 327. The summed E-state index contributed by atoms with van der Waals surface area (Å²) in [6.45, 7) is 0.516. The molecule has 0 aromatic rings. The first kappa shape index (κ1) is 18.5. The van der Waals surface area contributed by atoms with Gasteiger partial charge in [0.25, 0.3) is 0 Å². The Morgan fingerprint density at radius 2 is 2.00 bits per heavy atom. The molecule has 8 nitrogen and oxygen atoms in total. The van der Waals surface area contributed by atoms with Gasteiger partial charge in [-0.3, -0.25) is 4.79 Å². The molecule has 0 aliphatic carbocycles. The van der Waals surface area contributed by atoms with Crippen LogP contribution in [0.25, 0.3) is 0 Å². The van der Waals surface area contributed by atoms with E-state index in [1.165, 1.54) is 18.9 Å². The summed E-state index contributed by atoms with van der Waals surface area (Å²) in [6, 6.07) is -1.64. The molecular weight excluding hydrogens is 286 g/mol. The first-order chi connectivity index (χ1) is 9.51. The van der Waals surface area contributed by atoms with Crippen LogP contribution in [0.3, 0.4) is 0 Å². The molecule has 0 radical (unpaired) electrons. The van der Waals surface area contributed by atoms with Crippen molar-refractivity contribution in [2.45, 2.75) is 12.5 Å². The van der Waals surface area contributed by atoms with Crippen LogP contribution in [-0.4, -0.2) is 67.9 Å². The lowest BCUT2D eigenvalue weighted by Gasteiger charge is -2.14. The van der Waals surface area contributed by atoms with E-state index in [2.05, 4.69) is 16.0 Å². The fourth-order valence-corrected chi connectivity index (χ4v) is 1.69. The van der Waals surface area contributed by atoms with E-state index in [4.69, 9.17) is 9.84 Å². The van der Waals surface area contributed by atoms with Crippen LogP contribution >= 0.6 is 11.8 Å². The quantitative estimate of drug-likeness (QED) is 0.395. The molecule has 0 heterocycles. The number of carbonyl (C=O) groups excluding carboxylic acids is 2. The minimum absolute atomic E-state index is 0.218. The molecule has 0 aromatic heterocycles. The molecule has 116 valence electrons. The second-order valence-electron chi connectivity index (χ2n) is 3.84. The number of amides is 3. The van der Waals surface area contributed by atoms with Gasteiger partial charge in [-0.15, -0.1) is 0 Å². The molecule has 0 rings (SSSR count). The Morgan fingerprint density at radius 1 is 1.30 bits per heavy atom. The van der Waals surface area contributed by atoms with Crippen LogP contribution in [0.2, 0.25) is 0 Å². The molecule has 0 saturated carbocycles. The van der Waals surface area contributed by atoms with Crippen LogP contribution in [0.5, 0.6) is 0 Å². The average Bonchev–Trinajstić information content (AvgIpc) is 2.41. The van der Waals surface area contributed by atoms with Crippen molar-refractivity contribution >= 4 is 29.7 Å². The first-order valence-corrected chi connectivity index (χ1v) is 7.42. The van der Waals surface area contributed by atoms with Gasteiger partial charge in [-0.05, 0) is 18.4 Å². The normalized spacial score (nSPS) is 11.5. The largest absolute Gasteiger partial charge is 0.480 e. The Morgan fingerprint density at radius 3 is 2.55 bits per heavy atom. The van der Waals surface area contributed by atoms with Crippen molar-refractivity contribution in [2.24, 2.45) is 0 Å². The highest BCUT2D eigenvalue weighted by Gasteiger charge is 2.19. The molecule has 0 fully saturated rings. The summed E-state index contributed by atoms with van der Waals surface area (Å²) < 4.78 is 4.75. The van der Waals surface area contributed by atoms with Crippen molar-refractivity contribution in [3.63, 3.8) is 0 Å². The minimum atomic E-state index is -1.10. The molecule has 0 aromatic carbocycles. The van der Waals surface area contributed by atoms with Crippen molar-refractivity contribution in [3.8, 4) is 0 Å². The van der Waals surface area contributed by atoms with E-state index in [0.717, 1.165) is 0 Å². The summed E-state index contributed by atoms with van der Waals surface area (Å²) >= 11 is 1.49. The lowest BCUT2D eigenvalue weighted by atomic mass is 10.2. The van der Waals surface area contributed by atoms with E-state index in [9.17, 15) is 14.4 Å². The number of thioether (sulfide) groups is 1. The van der Waals surface area contributed by atoms with Crippen LogP contribution in [0.15, 0.2) is 0 Å². The number of carboxylic acid groups (broad SMARTS) is 1. The van der Waals surface area contributed by atoms with Crippen LogP contribution in [-0.2, 0) is 14.3 Å². The third-order valence-corrected chi connectivity index (χ3v) is 2.90. The number of urea groups is 1. The van der Waals surface area contributed by atoms with Gasteiger partial charge in [-0.2, -0.15) is 11.8 Å². The van der Waals surface area contributed by atoms with Gasteiger partial charge in [0.1, 0.15) is 6.04 Å². The fourth-order valence-electron chi connectivity index (χ4n) is 1.22. The number of rotatable bonds is 10. The molecule has 1 unspecified atom stereocenters. The second-order valence-corrected chi connectivity index (χ2v) is 4.83. The third kappa shape index (κ3) is 9.45. The van der Waals surface area contributed by atoms with E-state index < -0.39 is 18.0 Å². The van der Waals surface area contributed by atoms with Gasteiger partial charge in [0.15, 0.2) is 0 Å². The monoisotopic (exact) mass is 307 g/mol. The lowest BCUT2D eigenvalue weighted by molar-refractivity contribution is -0.139. The highest BCUT2D eigenvalue weighted by molar-refractivity contribution is 7.98. The number of carboxylic acids is 1. The zero-order valence-corrected chi connectivity index (χ0v) is 12.4. The molecular formula is C11H21N3O5S. The van der Waals surface area contributed by atoms with Gasteiger partial charge in [-0.1, -0.05) is 0 Å². The first-order valence-electron chi connectivity index (χ1n) is 6.03. The zero-order valence-electron chi connectivity index (χ0n) is 11.6. The lowest BCUT2D eigenvalue weighted by Crippen LogP contribution is -2.48. The van der Waals surface area contributed by atoms with Crippen LogP contribution in [0.1, 0.15) is 6.42 Å². The Labute approximate surface area is 122 Å². The highest BCUT2D eigenvalue weighted by Crippen LogP contribution is 2.00. The Hall–Kier alpha value is -1.48. The van der Waals surface area contributed by atoms with Crippen LogP contribution < -0.4 is 16.0 Å². The molecule has 0 aliphatic heterocycles. The van der Waals surface area contributed by atoms with E-state index in [1.54, 1.807) is 0 Å². The predicted molar refractivity (Wildman–Crippen MR) is 75.8 cm³/mol. The van der Waals surface area contributed by atoms with Crippen molar-refractivity contribution in [1.29, 1.82) is 0 Å². The van der Waals surface area contributed by atoms with E-state index in [-0.39, 0.29) is 12.5 Å². The van der Waals surface area contributed by atoms with Gasteiger partial charge in [0.05, 0.1) is 13.2 Å². The highest BCUT2D eigenvalue weighted by atomic mass is 32.2. The van der Waals surface area contributed by atoms with Crippen molar-refractivity contribution < 1.29 is 24.2 Å². The van der Waals surface area contributed by atoms with Gasteiger partial charge in [-0.25, -0.2) is 9.59 Å². The molecule has 20 heavy (non-hydrogen) atoms. The Kier molecular flexibility index (Phi) is 10.5.